The van der Waals surface area contributed by atoms with Crippen LogP contribution >= 0.6 is 0 Å². The molecule has 0 spiro atoms. The minimum absolute atomic E-state index is 0. The smallest absolute Gasteiger partial charge is 0.318 e. The van der Waals surface area contributed by atoms with Crippen molar-refractivity contribution in [3.8, 4) is 0 Å². The number of nitrogens with one attached hydrogen (secondary N) is 2. The molecule has 6 heteroatoms. The number of likely N-dealkylation sites (tertiary alicyclic amines) is 1. The minimum Gasteiger partial charge on any atom is -0.333 e. The first-order valence-electron chi connectivity index (χ1n) is 8.64. The van der Waals surface area contributed by atoms with E-state index in [9.17, 15) is 9.59 Å². The van der Waals surface area contributed by atoms with Crippen LogP contribution in [0.25, 0.3) is 0 Å². The number of hydrogen-bond acceptors (Lipinski definition) is 3. The lowest BCUT2D eigenvalue weighted by Crippen LogP contribution is -2.61. The van der Waals surface area contributed by atoms with E-state index in [1.165, 1.54) is 0 Å². The van der Waals surface area contributed by atoms with E-state index in [-0.39, 0.29) is 26.8 Å². The van der Waals surface area contributed by atoms with Gasteiger partial charge in [-0.15, -0.1) is 0 Å². The summed E-state index contributed by atoms with van der Waals surface area (Å²) in [5.41, 5.74) is 1.77. The molecule has 2 aliphatic rings. The molecule has 2 heterocycles. The molecular formula is C18H30N4O2. The molecule has 134 valence electrons. The first-order valence-corrected chi connectivity index (χ1v) is 8.64. The molecule has 24 heavy (non-hydrogen) atoms. The van der Waals surface area contributed by atoms with Gasteiger partial charge in [0.15, 0.2) is 0 Å². The highest BCUT2D eigenvalue weighted by molar-refractivity contribution is 5.98. The average molecular weight is 334 g/mol. The molecule has 1 aromatic rings. The monoisotopic (exact) mass is 334 g/mol. The molecule has 3 amide bonds. The summed E-state index contributed by atoms with van der Waals surface area (Å²) in [5, 5.41) is 6.06. The van der Waals surface area contributed by atoms with E-state index in [1.807, 2.05) is 45.2 Å². The van der Waals surface area contributed by atoms with E-state index in [0.717, 1.165) is 30.8 Å². The Bertz CT molecular complexity index is 637. The summed E-state index contributed by atoms with van der Waals surface area (Å²) in [4.78, 5) is 29.5. The minimum atomic E-state index is -0.458. The van der Waals surface area contributed by atoms with Gasteiger partial charge in [0.25, 0.3) is 0 Å². The number of amides is 3. The first kappa shape index (κ1) is 16.8. The van der Waals surface area contributed by atoms with Gasteiger partial charge in [-0.25, -0.2) is 4.79 Å². The van der Waals surface area contributed by atoms with Crippen LogP contribution in [0.15, 0.2) is 24.3 Å². The normalized spacial score (nSPS) is 22.9. The molecule has 2 aliphatic heterocycles. The molecule has 0 unspecified atom stereocenters. The predicted octanol–water partition coefficient (Wildman–Crippen LogP) is 2.37. The van der Waals surface area contributed by atoms with Crippen LogP contribution in [-0.2, 0) is 11.3 Å². The van der Waals surface area contributed by atoms with Gasteiger partial charge >= 0.3 is 6.03 Å². The number of hydrogen-bond donors (Lipinski definition) is 2. The van der Waals surface area contributed by atoms with Gasteiger partial charge in [0, 0.05) is 21.6 Å². The fourth-order valence-corrected chi connectivity index (χ4v) is 3.44. The molecule has 6 nitrogen and oxygen atoms in total. The maximum absolute atomic E-state index is 12.9. The van der Waals surface area contributed by atoms with E-state index in [1.54, 1.807) is 4.90 Å². The largest absolute Gasteiger partial charge is 0.333 e. The van der Waals surface area contributed by atoms with Crippen LogP contribution in [0, 0.1) is 5.92 Å². The quantitative estimate of drug-likeness (QED) is 0.892. The van der Waals surface area contributed by atoms with Crippen LogP contribution in [0.1, 0.15) is 28.7 Å². The van der Waals surface area contributed by atoms with E-state index < -0.39 is 6.04 Å². The zero-order valence-electron chi connectivity index (χ0n) is 14.6. The molecule has 0 bridgehead atoms. The molecule has 2 N–H and O–H groups in total. The van der Waals surface area contributed by atoms with Crippen LogP contribution < -0.4 is 10.6 Å². The molecule has 1 aromatic carbocycles. The Hall–Kier alpha value is -2.08. The van der Waals surface area contributed by atoms with Crippen molar-refractivity contribution in [2.45, 2.75) is 38.9 Å². The van der Waals surface area contributed by atoms with Gasteiger partial charge in [-0.05, 0) is 24.6 Å². The van der Waals surface area contributed by atoms with Gasteiger partial charge in [-0.3, -0.25) is 4.79 Å². The molecular weight excluding hydrogens is 304 g/mol. The highest BCUT2D eigenvalue weighted by Gasteiger charge is 2.38. The Morgan fingerprint density at radius 3 is 2.79 bits per heavy atom. The van der Waals surface area contributed by atoms with Crippen LogP contribution in [0.2, 0.25) is 0 Å². The number of para-hydroxylation sites is 1. The van der Waals surface area contributed by atoms with Crippen molar-refractivity contribution in [2.24, 2.45) is 5.92 Å². The summed E-state index contributed by atoms with van der Waals surface area (Å²) < 4.78 is 0. The van der Waals surface area contributed by atoms with Crippen LogP contribution in [0.3, 0.4) is 0 Å². The number of fused-ring (bicyclic) bond motifs is 1. The molecule has 1 fully saturated rings. The van der Waals surface area contributed by atoms with Gasteiger partial charge in [-0.1, -0.05) is 38.5 Å². The van der Waals surface area contributed by atoms with E-state index in [4.69, 9.17) is 0 Å². The standard InChI is InChI=1S/C18H26N4O2.2H2/c1-4-12(2)16-17(23)20-15-8-6-5-7-13(15)9-22(16)18(24)19-14-10-21(3)11-14;;/h5-8,12,14,16H,4,9-11H2,1-3H3,(H,19,24)(H,20,23);2*1H/t12-,16-;;/m0../s1. The number of likely N-dealkylation sites (N-methyl/N-ethyl adjacent to an activating group) is 1. The Balaban J connectivity index is 0.00000169. The number of benzene rings is 1. The highest BCUT2D eigenvalue weighted by Crippen LogP contribution is 2.27. The second kappa shape index (κ2) is 6.81. The Kier molecular flexibility index (Phi) is 4.76. The molecule has 1 saturated heterocycles. The van der Waals surface area contributed by atoms with Crippen molar-refractivity contribution in [1.82, 2.24) is 15.1 Å². The van der Waals surface area contributed by atoms with E-state index in [0.29, 0.717) is 6.54 Å². The third kappa shape index (κ3) is 3.24. The van der Waals surface area contributed by atoms with Crippen molar-refractivity contribution in [2.75, 3.05) is 25.5 Å². The summed E-state index contributed by atoms with van der Waals surface area (Å²) in [6.45, 7) is 6.23. The van der Waals surface area contributed by atoms with Crippen molar-refractivity contribution >= 4 is 17.6 Å². The molecule has 0 aliphatic carbocycles. The second-order valence-corrected chi connectivity index (χ2v) is 6.97. The van der Waals surface area contributed by atoms with Crippen molar-refractivity contribution in [1.29, 1.82) is 0 Å². The molecule has 0 radical (unpaired) electrons. The Morgan fingerprint density at radius 1 is 1.42 bits per heavy atom. The van der Waals surface area contributed by atoms with Crippen molar-refractivity contribution in [3.05, 3.63) is 29.8 Å². The Labute approximate surface area is 146 Å². The number of nitrogens with zero attached hydrogens (tertiary/aromatic N) is 2. The highest BCUT2D eigenvalue weighted by atomic mass is 16.2. The lowest BCUT2D eigenvalue weighted by molar-refractivity contribution is -0.122. The molecule has 3 rings (SSSR count). The number of carbonyl (C=O) groups is 2. The Morgan fingerprint density at radius 2 is 2.12 bits per heavy atom. The predicted molar refractivity (Wildman–Crippen MR) is 97.9 cm³/mol. The van der Waals surface area contributed by atoms with Crippen LogP contribution in [-0.4, -0.2) is 54.0 Å². The zero-order valence-corrected chi connectivity index (χ0v) is 14.6. The van der Waals surface area contributed by atoms with Crippen molar-refractivity contribution in [3.63, 3.8) is 0 Å². The maximum atomic E-state index is 12.9. The summed E-state index contributed by atoms with van der Waals surface area (Å²) in [7, 11) is 2.03. The topological polar surface area (TPSA) is 64.7 Å². The fraction of sp³-hybridized carbons (Fsp3) is 0.556. The van der Waals surface area contributed by atoms with Crippen LogP contribution in [0.4, 0.5) is 10.5 Å². The maximum Gasteiger partial charge on any atom is 0.318 e. The third-order valence-corrected chi connectivity index (χ3v) is 5.06. The van der Waals surface area contributed by atoms with E-state index >= 15 is 0 Å². The lowest BCUT2D eigenvalue weighted by Gasteiger charge is -2.39. The summed E-state index contributed by atoms with van der Waals surface area (Å²) in [6, 6.07) is 7.25. The molecule has 0 aromatic heterocycles. The van der Waals surface area contributed by atoms with Gasteiger partial charge in [-0.2, -0.15) is 0 Å². The third-order valence-electron chi connectivity index (χ3n) is 5.06. The van der Waals surface area contributed by atoms with Crippen molar-refractivity contribution < 1.29 is 12.4 Å². The summed E-state index contributed by atoms with van der Waals surface area (Å²) in [6.07, 6.45) is 0.838. The average Bonchev–Trinajstić information content (AvgIpc) is 2.68. The number of anilines is 1. The SMILES string of the molecule is CC[C@H](C)[C@H]1C(=O)Nc2ccccc2CN1C(=O)NC1CN(C)C1.[HH].[HH]. The van der Waals surface area contributed by atoms with E-state index in [2.05, 4.69) is 15.5 Å². The molecule has 0 saturated carbocycles. The molecule has 2 atom stereocenters. The first-order chi connectivity index (χ1) is 11.5. The second-order valence-electron chi connectivity index (χ2n) is 6.97. The van der Waals surface area contributed by atoms with Gasteiger partial charge in [0.1, 0.15) is 6.04 Å². The fourth-order valence-electron chi connectivity index (χ4n) is 3.44. The van der Waals surface area contributed by atoms with Gasteiger partial charge in [0.05, 0.1) is 12.6 Å². The number of rotatable bonds is 3. The summed E-state index contributed by atoms with van der Waals surface area (Å²) in [5.74, 6) is -0.00990. The van der Waals surface area contributed by atoms with Gasteiger partial charge < -0.3 is 20.4 Å². The lowest BCUT2D eigenvalue weighted by atomic mass is 9.97. The zero-order chi connectivity index (χ0) is 17.3. The van der Waals surface area contributed by atoms with Gasteiger partial charge in [0.2, 0.25) is 5.91 Å². The summed E-state index contributed by atoms with van der Waals surface area (Å²) >= 11 is 0. The number of urea groups is 1. The van der Waals surface area contributed by atoms with Crippen LogP contribution in [0.5, 0.6) is 0 Å². The number of carbonyl (C=O) groups excluding carboxylic acids is 2.